The van der Waals surface area contributed by atoms with Crippen LogP contribution in [0.15, 0.2) is 6.07 Å². The van der Waals surface area contributed by atoms with Crippen LogP contribution in [0.5, 0.6) is 0 Å². The van der Waals surface area contributed by atoms with Gasteiger partial charge in [-0.1, -0.05) is 6.42 Å². The predicted octanol–water partition coefficient (Wildman–Crippen LogP) is 1.89. The van der Waals surface area contributed by atoms with Gasteiger partial charge in [-0.15, -0.1) is 0 Å². The van der Waals surface area contributed by atoms with E-state index in [2.05, 4.69) is 39.7 Å². The number of hydrogen-bond acceptors (Lipinski definition) is 7. The highest BCUT2D eigenvalue weighted by molar-refractivity contribution is 5.46. The molecular formula is C14H26N6O. The summed E-state index contributed by atoms with van der Waals surface area (Å²) < 4.78 is 5.37. The molecule has 0 saturated carbocycles. The fourth-order valence-electron chi connectivity index (χ4n) is 2.66. The average molecular weight is 294 g/mol. The minimum absolute atomic E-state index is 0.381. The fraction of sp³-hybridized carbons (Fsp3) is 0.714. The monoisotopic (exact) mass is 294 g/mol. The minimum atomic E-state index is 0.381. The number of hydrazine groups is 2. The summed E-state index contributed by atoms with van der Waals surface area (Å²) in [6.07, 6.45) is 3.65. The van der Waals surface area contributed by atoms with Crippen LogP contribution in [-0.2, 0) is 11.3 Å². The van der Waals surface area contributed by atoms with Crippen LogP contribution >= 0.6 is 0 Å². The van der Waals surface area contributed by atoms with Gasteiger partial charge >= 0.3 is 0 Å². The highest BCUT2D eigenvalue weighted by Crippen LogP contribution is 2.23. The largest absolute Gasteiger partial charge is 0.374 e. The Morgan fingerprint density at radius 3 is 2.57 bits per heavy atom. The van der Waals surface area contributed by atoms with Crippen LogP contribution in [0.4, 0.5) is 11.6 Å². The van der Waals surface area contributed by atoms with Crippen molar-refractivity contribution < 1.29 is 4.74 Å². The maximum atomic E-state index is 5.48. The molecule has 0 radical (unpaired) electrons. The van der Waals surface area contributed by atoms with Crippen molar-refractivity contribution in [1.29, 1.82) is 0 Å². The first-order chi connectivity index (χ1) is 10.1. The smallest absolute Gasteiger partial charge is 0.158 e. The van der Waals surface area contributed by atoms with Crippen molar-refractivity contribution in [1.82, 2.24) is 15.0 Å². The Labute approximate surface area is 126 Å². The quantitative estimate of drug-likeness (QED) is 0.545. The van der Waals surface area contributed by atoms with Crippen molar-refractivity contribution in [3.05, 3.63) is 11.9 Å². The number of hydrogen-bond donors (Lipinski definition) is 3. The Morgan fingerprint density at radius 1 is 1.29 bits per heavy atom. The Hall–Kier alpha value is -1.44. The summed E-state index contributed by atoms with van der Waals surface area (Å²) in [6.45, 7) is 7.42. The lowest BCUT2D eigenvalue weighted by atomic mass is 10.00. The first-order valence-electron chi connectivity index (χ1n) is 7.61. The maximum absolute atomic E-state index is 5.48. The van der Waals surface area contributed by atoms with Gasteiger partial charge in [-0.3, -0.25) is 0 Å². The Balaban J connectivity index is 2.13. The molecule has 2 rings (SSSR count). The molecule has 2 heterocycles. The lowest BCUT2D eigenvalue weighted by Gasteiger charge is -2.39. The number of nitrogens with two attached hydrogens (primary N) is 1. The molecule has 7 nitrogen and oxygen atoms in total. The SMILES string of the molecule is CCOCc1nc(NN)cc(NN2C(C)CCCC2C)n1. The number of piperidine rings is 1. The van der Waals surface area contributed by atoms with E-state index in [4.69, 9.17) is 10.6 Å². The molecule has 4 N–H and O–H groups in total. The molecule has 2 atom stereocenters. The molecule has 0 aromatic carbocycles. The molecule has 1 fully saturated rings. The zero-order valence-electron chi connectivity index (χ0n) is 13.1. The summed E-state index contributed by atoms with van der Waals surface area (Å²) in [6, 6.07) is 2.77. The first-order valence-corrected chi connectivity index (χ1v) is 7.61. The summed E-state index contributed by atoms with van der Waals surface area (Å²) in [7, 11) is 0. The van der Waals surface area contributed by atoms with Crippen LogP contribution in [0.1, 0.15) is 45.9 Å². The average Bonchev–Trinajstić information content (AvgIpc) is 2.49. The van der Waals surface area contributed by atoms with E-state index in [0.717, 1.165) is 5.82 Å². The van der Waals surface area contributed by atoms with Gasteiger partial charge in [0.15, 0.2) is 5.82 Å². The zero-order chi connectivity index (χ0) is 15.2. The Morgan fingerprint density at radius 2 is 1.95 bits per heavy atom. The van der Waals surface area contributed by atoms with E-state index in [0.29, 0.717) is 36.9 Å². The first kappa shape index (κ1) is 15.9. The molecule has 21 heavy (non-hydrogen) atoms. The third-order valence-corrected chi connectivity index (χ3v) is 3.79. The molecule has 118 valence electrons. The molecule has 2 unspecified atom stereocenters. The lowest BCUT2D eigenvalue weighted by molar-refractivity contribution is 0.127. The van der Waals surface area contributed by atoms with E-state index in [1.807, 2.05) is 13.0 Å². The molecule has 7 heteroatoms. The van der Waals surface area contributed by atoms with Gasteiger partial charge in [0.25, 0.3) is 0 Å². The van der Waals surface area contributed by atoms with Crippen LogP contribution in [0, 0.1) is 0 Å². The van der Waals surface area contributed by atoms with Gasteiger partial charge < -0.3 is 15.6 Å². The van der Waals surface area contributed by atoms with Gasteiger partial charge in [0.1, 0.15) is 18.2 Å². The second-order valence-corrected chi connectivity index (χ2v) is 5.48. The zero-order valence-corrected chi connectivity index (χ0v) is 13.1. The summed E-state index contributed by atoms with van der Waals surface area (Å²) >= 11 is 0. The van der Waals surface area contributed by atoms with Gasteiger partial charge in [-0.2, -0.15) is 0 Å². The van der Waals surface area contributed by atoms with E-state index in [1.165, 1.54) is 19.3 Å². The Kier molecular flexibility index (Phi) is 5.72. The highest BCUT2D eigenvalue weighted by atomic mass is 16.5. The van der Waals surface area contributed by atoms with Gasteiger partial charge in [0.2, 0.25) is 0 Å². The van der Waals surface area contributed by atoms with Crippen molar-refractivity contribution in [3.63, 3.8) is 0 Å². The summed E-state index contributed by atoms with van der Waals surface area (Å²) in [5.74, 6) is 7.43. The van der Waals surface area contributed by atoms with E-state index in [-0.39, 0.29) is 0 Å². The summed E-state index contributed by atoms with van der Waals surface area (Å²) in [4.78, 5) is 8.79. The molecule has 1 aliphatic heterocycles. The second kappa shape index (κ2) is 7.53. The maximum Gasteiger partial charge on any atom is 0.158 e. The van der Waals surface area contributed by atoms with Crippen molar-refractivity contribution >= 4 is 11.6 Å². The standard InChI is InChI=1S/C14H26N6O/c1-4-21-9-14-16-12(18-15)8-13(17-14)19-20-10(2)6-5-7-11(20)3/h8,10-11H,4-7,9,15H2,1-3H3,(H2,16,17,18,19). The highest BCUT2D eigenvalue weighted by Gasteiger charge is 2.25. The number of aromatic nitrogens is 2. The summed E-state index contributed by atoms with van der Waals surface area (Å²) in [5, 5.41) is 2.26. The normalized spacial score (nSPS) is 23.0. The van der Waals surface area contributed by atoms with E-state index >= 15 is 0 Å². The number of anilines is 2. The lowest BCUT2D eigenvalue weighted by Crippen LogP contribution is -2.47. The number of rotatable bonds is 6. The number of nitrogens with zero attached hydrogens (tertiary/aromatic N) is 3. The van der Waals surface area contributed by atoms with Crippen molar-refractivity contribution in [2.45, 2.75) is 58.7 Å². The van der Waals surface area contributed by atoms with Crippen molar-refractivity contribution in [2.75, 3.05) is 17.5 Å². The third kappa shape index (κ3) is 4.26. The fourth-order valence-corrected chi connectivity index (χ4v) is 2.66. The van der Waals surface area contributed by atoms with Gasteiger partial charge in [-0.05, 0) is 33.6 Å². The molecule has 1 saturated heterocycles. The molecule has 1 aliphatic rings. The number of nitrogens with one attached hydrogen (secondary N) is 2. The molecule has 0 bridgehead atoms. The van der Waals surface area contributed by atoms with Crippen molar-refractivity contribution in [3.8, 4) is 0 Å². The second-order valence-electron chi connectivity index (χ2n) is 5.48. The van der Waals surface area contributed by atoms with Gasteiger partial charge in [0, 0.05) is 24.8 Å². The van der Waals surface area contributed by atoms with E-state index in [9.17, 15) is 0 Å². The summed E-state index contributed by atoms with van der Waals surface area (Å²) in [5.41, 5.74) is 5.98. The molecular weight excluding hydrogens is 268 g/mol. The van der Waals surface area contributed by atoms with E-state index in [1.54, 1.807) is 0 Å². The van der Waals surface area contributed by atoms with Gasteiger partial charge in [-0.25, -0.2) is 20.8 Å². The Bertz CT molecular complexity index is 445. The van der Waals surface area contributed by atoms with E-state index < -0.39 is 0 Å². The third-order valence-electron chi connectivity index (χ3n) is 3.79. The molecule has 1 aromatic rings. The molecule has 0 spiro atoms. The van der Waals surface area contributed by atoms with Crippen molar-refractivity contribution in [2.24, 2.45) is 5.84 Å². The minimum Gasteiger partial charge on any atom is -0.374 e. The molecule has 0 amide bonds. The van der Waals surface area contributed by atoms with Crippen LogP contribution in [0.25, 0.3) is 0 Å². The molecule has 0 aliphatic carbocycles. The van der Waals surface area contributed by atoms with Crippen LogP contribution < -0.4 is 16.7 Å². The van der Waals surface area contributed by atoms with Crippen LogP contribution in [-0.4, -0.2) is 33.7 Å². The number of nitrogen functional groups attached to an aromatic ring is 1. The van der Waals surface area contributed by atoms with Crippen LogP contribution in [0.2, 0.25) is 0 Å². The predicted molar refractivity (Wildman–Crippen MR) is 83.4 cm³/mol. The van der Waals surface area contributed by atoms with Gasteiger partial charge in [0.05, 0.1) is 0 Å². The topological polar surface area (TPSA) is 88.3 Å². The number of ether oxygens (including phenoxy) is 1. The van der Waals surface area contributed by atoms with Crippen LogP contribution in [0.3, 0.4) is 0 Å². The molecule has 1 aromatic heterocycles.